The molecule has 4 heteroatoms. The van der Waals surface area contributed by atoms with Gasteiger partial charge in [-0.1, -0.05) is 0 Å². The van der Waals surface area contributed by atoms with Gasteiger partial charge in [-0.25, -0.2) is 0 Å². The first-order chi connectivity index (χ1) is 7.20. The molecule has 0 spiro atoms. The number of carbonyl (C=O) groups excluding carboxylic acids is 1. The highest BCUT2D eigenvalue weighted by atomic mass is 32.1. The topological polar surface area (TPSA) is 55.1 Å². The van der Waals surface area contributed by atoms with Gasteiger partial charge in [-0.05, 0) is 31.9 Å². The smallest absolute Gasteiger partial charge is 0.160 e. The Morgan fingerprint density at radius 2 is 2.33 bits per heavy atom. The van der Waals surface area contributed by atoms with Gasteiger partial charge in [-0.3, -0.25) is 4.79 Å². The van der Waals surface area contributed by atoms with Gasteiger partial charge in [0, 0.05) is 23.0 Å². The minimum absolute atomic E-state index is 0.256. The molecule has 0 aliphatic carbocycles. The van der Waals surface area contributed by atoms with E-state index >= 15 is 0 Å². The Labute approximate surface area is 93.7 Å². The molecule has 1 aromatic heterocycles. The van der Waals surface area contributed by atoms with Gasteiger partial charge in [0.2, 0.25) is 0 Å². The second kappa shape index (κ2) is 4.43. The Hall–Kier alpha value is -0.710. The van der Waals surface area contributed by atoms with Crippen molar-refractivity contribution in [2.75, 3.05) is 0 Å². The maximum atomic E-state index is 10.6. The number of aldehydes is 1. The molecule has 0 saturated carbocycles. The summed E-state index contributed by atoms with van der Waals surface area (Å²) < 4.78 is 0. The van der Waals surface area contributed by atoms with E-state index in [9.17, 15) is 4.79 Å². The fourth-order valence-electron chi connectivity index (χ4n) is 1.98. The molecular formula is C11H16N2OS. The third kappa shape index (κ3) is 2.27. The van der Waals surface area contributed by atoms with Crippen LogP contribution in [0.25, 0.3) is 0 Å². The summed E-state index contributed by atoms with van der Waals surface area (Å²) in [7, 11) is 0. The van der Waals surface area contributed by atoms with Crippen molar-refractivity contribution >= 4 is 17.6 Å². The molecule has 0 amide bonds. The standard InChI is InChI=1S/C11H16N2OS/c1-7-9(12)3-4-10(13-7)11-5-2-8(6-14)15-11/h2,5-7,9-10,13H,3-4,12H2,1H3. The predicted molar refractivity (Wildman–Crippen MR) is 62.3 cm³/mol. The van der Waals surface area contributed by atoms with Gasteiger partial charge in [0.25, 0.3) is 0 Å². The molecule has 0 aromatic carbocycles. The number of piperidine rings is 1. The molecule has 3 nitrogen and oxygen atoms in total. The monoisotopic (exact) mass is 224 g/mol. The van der Waals surface area contributed by atoms with Crippen LogP contribution in [-0.4, -0.2) is 18.4 Å². The first-order valence-electron chi connectivity index (χ1n) is 5.27. The number of nitrogens with two attached hydrogens (primary N) is 1. The Morgan fingerprint density at radius 1 is 1.53 bits per heavy atom. The summed E-state index contributed by atoms with van der Waals surface area (Å²) in [6.07, 6.45) is 3.02. The maximum absolute atomic E-state index is 10.6. The minimum Gasteiger partial charge on any atom is -0.326 e. The summed E-state index contributed by atoms with van der Waals surface area (Å²) in [5.41, 5.74) is 5.93. The molecule has 3 atom stereocenters. The van der Waals surface area contributed by atoms with Crippen LogP contribution in [-0.2, 0) is 0 Å². The minimum atomic E-state index is 0.256. The van der Waals surface area contributed by atoms with E-state index in [0.29, 0.717) is 12.1 Å². The first kappa shape index (κ1) is 10.8. The third-order valence-corrected chi connectivity index (χ3v) is 4.13. The Kier molecular flexibility index (Phi) is 3.19. The number of hydrogen-bond donors (Lipinski definition) is 2. The van der Waals surface area contributed by atoms with Gasteiger partial charge in [0.1, 0.15) is 0 Å². The number of thiophene rings is 1. The second-order valence-electron chi connectivity index (χ2n) is 4.11. The second-order valence-corrected chi connectivity index (χ2v) is 5.25. The molecule has 2 heterocycles. The summed E-state index contributed by atoms with van der Waals surface area (Å²) in [6, 6.07) is 4.90. The van der Waals surface area contributed by atoms with Crippen LogP contribution in [0.5, 0.6) is 0 Å². The van der Waals surface area contributed by atoms with Crippen molar-refractivity contribution in [2.45, 2.75) is 37.9 Å². The van der Waals surface area contributed by atoms with Crippen LogP contribution in [0.1, 0.15) is 40.4 Å². The number of rotatable bonds is 2. The van der Waals surface area contributed by atoms with E-state index in [2.05, 4.69) is 12.2 Å². The van der Waals surface area contributed by atoms with Gasteiger partial charge in [0.15, 0.2) is 6.29 Å². The van der Waals surface area contributed by atoms with Gasteiger partial charge in [-0.2, -0.15) is 0 Å². The quantitative estimate of drug-likeness (QED) is 0.752. The predicted octanol–water partition coefficient (Wildman–Crippen LogP) is 1.70. The van der Waals surface area contributed by atoms with E-state index in [1.54, 1.807) is 11.3 Å². The Bertz CT molecular complexity index is 350. The highest BCUT2D eigenvalue weighted by Gasteiger charge is 2.25. The zero-order valence-electron chi connectivity index (χ0n) is 8.77. The van der Waals surface area contributed by atoms with Gasteiger partial charge < -0.3 is 11.1 Å². The summed E-state index contributed by atoms with van der Waals surface area (Å²) >= 11 is 1.57. The number of nitrogens with one attached hydrogen (secondary N) is 1. The largest absolute Gasteiger partial charge is 0.326 e. The van der Waals surface area contributed by atoms with Crippen molar-refractivity contribution in [3.05, 3.63) is 21.9 Å². The van der Waals surface area contributed by atoms with E-state index in [-0.39, 0.29) is 6.04 Å². The van der Waals surface area contributed by atoms with Gasteiger partial charge >= 0.3 is 0 Å². The highest BCUT2D eigenvalue weighted by Crippen LogP contribution is 2.29. The van der Waals surface area contributed by atoms with Crippen LogP contribution in [0, 0.1) is 0 Å². The third-order valence-electron chi connectivity index (χ3n) is 3.00. The van der Waals surface area contributed by atoms with Crippen LogP contribution in [0.2, 0.25) is 0 Å². The zero-order chi connectivity index (χ0) is 10.8. The molecule has 15 heavy (non-hydrogen) atoms. The van der Waals surface area contributed by atoms with Crippen molar-refractivity contribution < 1.29 is 4.79 Å². The zero-order valence-corrected chi connectivity index (χ0v) is 9.59. The lowest BCUT2D eigenvalue weighted by Gasteiger charge is -2.33. The van der Waals surface area contributed by atoms with Crippen molar-refractivity contribution in [1.29, 1.82) is 0 Å². The Balaban J connectivity index is 2.08. The number of carbonyl (C=O) groups is 1. The molecule has 1 aromatic rings. The first-order valence-corrected chi connectivity index (χ1v) is 6.09. The average molecular weight is 224 g/mol. The maximum Gasteiger partial charge on any atom is 0.160 e. The van der Waals surface area contributed by atoms with Crippen molar-refractivity contribution in [3.63, 3.8) is 0 Å². The van der Waals surface area contributed by atoms with Crippen LogP contribution in [0.4, 0.5) is 0 Å². The van der Waals surface area contributed by atoms with Crippen molar-refractivity contribution in [2.24, 2.45) is 5.73 Å². The summed E-state index contributed by atoms with van der Waals surface area (Å²) in [6.45, 7) is 2.12. The Morgan fingerprint density at radius 3 is 2.93 bits per heavy atom. The molecule has 2 rings (SSSR count). The van der Waals surface area contributed by atoms with Gasteiger partial charge in [-0.15, -0.1) is 11.3 Å². The molecule has 1 fully saturated rings. The molecule has 1 aliphatic heterocycles. The van der Waals surface area contributed by atoms with E-state index < -0.39 is 0 Å². The van der Waals surface area contributed by atoms with E-state index in [1.807, 2.05) is 12.1 Å². The number of hydrogen-bond acceptors (Lipinski definition) is 4. The van der Waals surface area contributed by atoms with Gasteiger partial charge in [0.05, 0.1) is 4.88 Å². The lowest BCUT2D eigenvalue weighted by molar-refractivity contribution is 0.112. The average Bonchev–Trinajstić information content (AvgIpc) is 2.70. The fourth-order valence-corrected chi connectivity index (χ4v) is 2.90. The molecular weight excluding hydrogens is 208 g/mol. The van der Waals surface area contributed by atoms with Crippen LogP contribution in [0.15, 0.2) is 12.1 Å². The van der Waals surface area contributed by atoms with Crippen LogP contribution >= 0.6 is 11.3 Å². The SMILES string of the molecule is CC1NC(c2ccc(C=O)s2)CCC1N. The van der Waals surface area contributed by atoms with E-state index in [0.717, 1.165) is 24.0 Å². The highest BCUT2D eigenvalue weighted by molar-refractivity contribution is 7.13. The molecule has 82 valence electrons. The molecule has 0 bridgehead atoms. The van der Waals surface area contributed by atoms with E-state index in [4.69, 9.17) is 5.73 Å². The lowest BCUT2D eigenvalue weighted by Crippen LogP contribution is -2.48. The van der Waals surface area contributed by atoms with Crippen molar-refractivity contribution in [1.82, 2.24) is 5.32 Å². The molecule has 1 saturated heterocycles. The van der Waals surface area contributed by atoms with E-state index in [1.165, 1.54) is 4.88 Å². The molecule has 3 unspecified atom stereocenters. The molecule has 1 aliphatic rings. The summed E-state index contributed by atoms with van der Waals surface area (Å²) in [4.78, 5) is 12.6. The summed E-state index contributed by atoms with van der Waals surface area (Å²) in [5.74, 6) is 0. The molecule has 0 radical (unpaired) electrons. The fraction of sp³-hybridized carbons (Fsp3) is 0.545. The van der Waals surface area contributed by atoms with Crippen LogP contribution in [0.3, 0.4) is 0 Å². The van der Waals surface area contributed by atoms with Crippen LogP contribution < -0.4 is 11.1 Å². The lowest BCUT2D eigenvalue weighted by atomic mass is 9.94. The molecule has 3 N–H and O–H groups in total. The van der Waals surface area contributed by atoms with Crippen molar-refractivity contribution in [3.8, 4) is 0 Å². The normalized spacial score (nSPS) is 31.5. The summed E-state index contributed by atoms with van der Waals surface area (Å²) in [5, 5.41) is 3.49.